The number of hydrogen-bond donors (Lipinski definition) is 1. The Labute approximate surface area is 129 Å². The minimum Gasteiger partial charge on any atom is -0.464 e. The maximum Gasteiger partial charge on any atom is 0.305 e. The van der Waals surface area contributed by atoms with Gasteiger partial charge in [0, 0.05) is 13.5 Å². The third-order valence-electron chi connectivity index (χ3n) is 3.68. The van der Waals surface area contributed by atoms with Crippen LogP contribution in [0.5, 0.6) is 0 Å². The molecule has 0 radical (unpaired) electrons. The molecule has 0 aromatic carbocycles. The van der Waals surface area contributed by atoms with Crippen molar-refractivity contribution >= 4 is 24.4 Å². The van der Waals surface area contributed by atoms with E-state index in [2.05, 4.69) is 20.0 Å². The molecule has 0 amide bonds. The summed E-state index contributed by atoms with van der Waals surface area (Å²) in [6.07, 6.45) is 4.05. The van der Waals surface area contributed by atoms with Gasteiger partial charge < -0.3 is 9.16 Å². The van der Waals surface area contributed by atoms with E-state index < -0.39 is 30.2 Å². The van der Waals surface area contributed by atoms with Gasteiger partial charge in [-0.25, -0.2) is 0 Å². The summed E-state index contributed by atoms with van der Waals surface area (Å²) in [7, 11) is -4.04. The number of rotatable bonds is 11. The van der Waals surface area contributed by atoms with Crippen LogP contribution in [0, 0.1) is 0 Å². The lowest BCUT2D eigenvalue weighted by Gasteiger charge is -2.30. The van der Waals surface area contributed by atoms with E-state index in [1.165, 1.54) is 0 Å². The first-order valence-electron chi connectivity index (χ1n) is 7.28. The molecule has 1 unspecified atom stereocenters. The SMILES string of the molecule is CCCC(CCCC(=O)OCCS(=O)(=O)O)[Si](C)(C)OC. The van der Waals surface area contributed by atoms with Crippen molar-refractivity contribution in [2.24, 2.45) is 0 Å². The van der Waals surface area contributed by atoms with Crippen molar-refractivity contribution < 1.29 is 26.9 Å². The lowest BCUT2D eigenvalue weighted by atomic mass is 10.1. The van der Waals surface area contributed by atoms with Crippen LogP contribution in [-0.2, 0) is 24.1 Å². The van der Waals surface area contributed by atoms with Crippen molar-refractivity contribution in [2.45, 2.75) is 57.7 Å². The van der Waals surface area contributed by atoms with Gasteiger partial charge in [0.15, 0.2) is 8.32 Å². The van der Waals surface area contributed by atoms with Crippen LogP contribution in [0.25, 0.3) is 0 Å². The van der Waals surface area contributed by atoms with Crippen molar-refractivity contribution in [2.75, 3.05) is 19.5 Å². The zero-order valence-electron chi connectivity index (χ0n) is 13.4. The predicted molar refractivity (Wildman–Crippen MR) is 84.4 cm³/mol. The summed E-state index contributed by atoms with van der Waals surface area (Å²) >= 11 is 0. The molecule has 1 atom stereocenters. The molecule has 0 heterocycles. The molecule has 6 nitrogen and oxygen atoms in total. The summed E-state index contributed by atoms with van der Waals surface area (Å²) in [5.41, 5.74) is 0.498. The third-order valence-corrected chi connectivity index (χ3v) is 7.96. The van der Waals surface area contributed by atoms with Gasteiger partial charge in [-0.3, -0.25) is 9.35 Å². The second-order valence-electron chi connectivity index (χ2n) is 5.69. The summed E-state index contributed by atoms with van der Waals surface area (Å²) in [5.74, 6) is -0.980. The smallest absolute Gasteiger partial charge is 0.305 e. The predicted octanol–water partition coefficient (Wildman–Crippen LogP) is 2.61. The Kier molecular flexibility index (Phi) is 9.35. The molecule has 1 N–H and O–H groups in total. The van der Waals surface area contributed by atoms with Gasteiger partial charge in [-0.2, -0.15) is 8.42 Å². The van der Waals surface area contributed by atoms with Crippen molar-refractivity contribution in [3.8, 4) is 0 Å². The van der Waals surface area contributed by atoms with Gasteiger partial charge in [-0.15, -0.1) is 0 Å². The highest BCUT2D eigenvalue weighted by Gasteiger charge is 2.31. The fourth-order valence-electron chi connectivity index (χ4n) is 2.18. The highest BCUT2D eigenvalue weighted by Crippen LogP contribution is 2.32. The molecule has 0 saturated carbocycles. The van der Waals surface area contributed by atoms with E-state index in [4.69, 9.17) is 13.7 Å². The normalized spacial score (nSPS) is 14.0. The summed E-state index contributed by atoms with van der Waals surface area (Å²) in [6, 6.07) is 0. The molecule has 126 valence electrons. The molecule has 21 heavy (non-hydrogen) atoms. The molecule has 0 aliphatic carbocycles. The Hall–Kier alpha value is -0.443. The van der Waals surface area contributed by atoms with E-state index in [9.17, 15) is 13.2 Å². The third kappa shape index (κ3) is 10.00. The van der Waals surface area contributed by atoms with Crippen LogP contribution >= 0.6 is 0 Å². The van der Waals surface area contributed by atoms with Crippen LogP contribution in [0.1, 0.15) is 39.0 Å². The van der Waals surface area contributed by atoms with E-state index in [-0.39, 0.29) is 13.0 Å². The molecule has 0 spiro atoms. The van der Waals surface area contributed by atoms with Crippen molar-refractivity contribution in [1.29, 1.82) is 0 Å². The molecule has 0 aromatic heterocycles. The van der Waals surface area contributed by atoms with Gasteiger partial charge in [0.2, 0.25) is 0 Å². The van der Waals surface area contributed by atoms with Gasteiger partial charge >= 0.3 is 5.97 Å². The minimum absolute atomic E-state index is 0.264. The van der Waals surface area contributed by atoms with Gasteiger partial charge in [-0.1, -0.05) is 26.2 Å². The Morgan fingerprint density at radius 2 is 1.90 bits per heavy atom. The topological polar surface area (TPSA) is 89.9 Å². The molecule has 0 bridgehead atoms. The lowest BCUT2D eigenvalue weighted by molar-refractivity contribution is -0.143. The number of carbonyl (C=O) groups is 1. The Morgan fingerprint density at radius 3 is 2.38 bits per heavy atom. The average molecular weight is 341 g/mol. The van der Waals surface area contributed by atoms with Gasteiger partial charge in [0.05, 0.1) is 0 Å². The fraction of sp³-hybridized carbons (Fsp3) is 0.923. The van der Waals surface area contributed by atoms with E-state index in [1.54, 1.807) is 7.11 Å². The zero-order valence-corrected chi connectivity index (χ0v) is 15.2. The summed E-state index contributed by atoms with van der Waals surface area (Å²) in [6.45, 7) is 6.20. The Morgan fingerprint density at radius 1 is 1.29 bits per heavy atom. The van der Waals surface area contributed by atoms with E-state index >= 15 is 0 Å². The first-order chi connectivity index (χ1) is 9.62. The highest BCUT2D eigenvalue weighted by molar-refractivity contribution is 7.85. The lowest BCUT2D eigenvalue weighted by Crippen LogP contribution is -2.35. The summed E-state index contributed by atoms with van der Waals surface area (Å²) < 4.78 is 39.9. The van der Waals surface area contributed by atoms with Crippen molar-refractivity contribution in [3.63, 3.8) is 0 Å². The number of carbonyl (C=O) groups excluding carboxylic acids is 1. The number of esters is 1. The molecule has 0 rings (SSSR count). The molecular weight excluding hydrogens is 312 g/mol. The molecule has 0 saturated heterocycles. The van der Waals surface area contributed by atoms with E-state index in [0.29, 0.717) is 12.0 Å². The van der Waals surface area contributed by atoms with Crippen LogP contribution in [0.3, 0.4) is 0 Å². The monoisotopic (exact) mass is 340 g/mol. The second kappa shape index (κ2) is 9.55. The standard InChI is InChI=1S/C13H28O6SSi/c1-5-7-12(21(3,4)18-2)8-6-9-13(14)19-10-11-20(15,16)17/h12H,5-11H2,1-4H3,(H,15,16,17). The molecule has 0 fully saturated rings. The fourth-order valence-corrected chi connectivity index (χ4v) is 4.69. The summed E-state index contributed by atoms with van der Waals surface area (Å²) in [4.78, 5) is 11.5. The quantitative estimate of drug-likeness (QED) is 0.353. The highest BCUT2D eigenvalue weighted by atomic mass is 32.2. The Balaban J connectivity index is 4.06. The molecular formula is C13H28O6SSi. The zero-order chi connectivity index (χ0) is 16.5. The molecule has 8 heteroatoms. The van der Waals surface area contributed by atoms with Gasteiger partial charge in [0.25, 0.3) is 10.1 Å². The van der Waals surface area contributed by atoms with Crippen LogP contribution in [-0.4, -0.2) is 46.7 Å². The summed E-state index contributed by atoms with van der Waals surface area (Å²) in [5, 5.41) is 0. The van der Waals surface area contributed by atoms with E-state index in [1.807, 2.05) is 0 Å². The van der Waals surface area contributed by atoms with Crippen LogP contribution in [0.4, 0.5) is 0 Å². The minimum atomic E-state index is -4.07. The van der Waals surface area contributed by atoms with Crippen LogP contribution in [0.2, 0.25) is 18.6 Å². The second-order valence-corrected chi connectivity index (χ2v) is 11.7. The molecule has 0 aromatic rings. The van der Waals surface area contributed by atoms with Crippen LogP contribution < -0.4 is 0 Å². The number of hydrogen-bond acceptors (Lipinski definition) is 5. The number of ether oxygens (including phenoxy) is 1. The van der Waals surface area contributed by atoms with Crippen molar-refractivity contribution in [3.05, 3.63) is 0 Å². The first-order valence-corrected chi connectivity index (χ1v) is 11.9. The molecule has 0 aliphatic heterocycles. The maximum atomic E-state index is 11.5. The van der Waals surface area contributed by atoms with Crippen molar-refractivity contribution in [1.82, 2.24) is 0 Å². The van der Waals surface area contributed by atoms with Gasteiger partial charge in [-0.05, 0) is 25.1 Å². The van der Waals surface area contributed by atoms with Gasteiger partial charge in [0.1, 0.15) is 12.4 Å². The first kappa shape index (κ1) is 20.6. The maximum absolute atomic E-state index is 11.5. The molecule has 0 aliphatic rings. The van der Waals surface area contributed by atoms with Crippen LogP contribution in [0.15, 0.2) is 0 Å². The largest absolute Gasteiger partial charge is 0.464 e. The van der Waals surface area contributed by atoms with E-state index in [0.717, 1.165) is 19.3 Å². The Bertz CT molecular complexity index is 407. The average Bonchev–Trinajstić information content (AvgIpc) is 2.36.